The van der Waals surface area contributed by atoms with Crippen molar-refractivity contribution in [2.24, 2.45) is 0 Å². The van der Waals surface area contributed by atoms with Crippen molar-refractivity contribution in [3.63, 3.8) is 0 Å². The van der Waals surface area contributed by atoms with E-state index in [9.17, 15) is 0 Å². The predicted molar refractivity (Wildman–Crippen MR) is 21.4 cm³/mol. The van der Waals surface area contributed by atoms with Gasteiger partial charge in [0.05, 0.1) is 6.04 Å². The lowest BCUT2D eigenvalue weighted by molar-refractivity contribution is 0.923. The SMILES string of the molecule is C#CC(C)[NH]. The highest BCUT2D eigenvalue weighted by Crippen LogP contribution is 1.64. The molecule has 1 N–H and O–H groups in total. The van der Waals surface area contributed by atoms with Crippen LogP contribution in [0.25, 0.3) is 0 Å². The molecular formula is C4H6N. The van der Waals surface area contributed by atoms with Crippen molar-refractivity contribution in [2.75, 3.05) is 0 Å². The second kappa shape index (κ2) is 1.80. The van der Waals surface area contributed by atoms with Gasteiger partial charge in [0.25, 0.3) is 0 Å². The molecule has 0 aromatic rings. The Balaban J connectivity index is 2.94. The van der Waals surface area contributed by atoms with Crippen molar-refractivity contribution >= 4 is 0 Å². The maximum atomic E-state index is 6.59. The van der Waals surface area contributed by atoms with Gasteiger partial charge in [0, 0.05) is 0 Å². The summed E-state index contributed by atoms with van der Waals surface area (Å²) in [5, 5.41) is 0. The van der Waals surface area contributed by atoms with Gasteiger partial charge in [-0.25, -0.2) is 5.73 Å². The Morgan fingerprint density at radius 3 is 2.20 bits per heavy atom. The van der Waals surface area contributed by atoms with Crippen molar-refractivity contribution in [1.29, 1.82) is 0 Å². The average molecular weight is 68.1 g/mol. The molecule has 0 aliphatic carbocycles. The summed E-state index contributed by atoms with van der Waals surface area (Å²) >= 11 is 0. The molecule has 1 atom stereocenters. The van der Waals surface area contributed by atoms with E-state index in [1.165, 1.54) is 0 Å². The minimum absolute atomic E-state index is 0.338. The Morgan fingerprint density at radius 1 is 2.00 bits per heavy atom. The van der Waals surface area contributed by atoms with E-state index in [0.29, 0.717) is 0 Å². The van der Waals surface area contributed by atoms with Crippen LogP contribution in [0, 0.1) is 12.3 Å². The third-order valence-corrected chi connectivity index (χ3v) is 0.250. The minimum atomic E-state index is -0.338. The first-order valence-corrected chi connectivity index (χ1v) is 1.44. The smallest absolute Gasteiger partial charge is 0.0789 e. The quantitative estimate of drug-likeness (QED) is 0.364. The summed E-state index contributed by atoms with van der Waals surface area (Å²) in [4.78, 5) is 0. The highest BCUT2D eigenvalue weighted by Gasteiger charge is 1.75. The topological polar surface area (TPSA) is 23.8 Å². The highest BCUT2D eigenvalue weighted by atomic mass is 14.6. The van der Waals surface area contributed by atoms with Crippen LogP contribution < -0.4 is 5.73 Å². The van der Waals surface area contributed by atoms with Crippen molar-refractivity contribution in [1.82, 2.24) is 5.73 Å². The standard InChI is InChI=1S/C4H6N/c1-3-4(2)5/h1,4-5H,2H3. The predicted octanol–water partition coefficient (Wildman–Crippen LogP) is 0.291. The second-order valence-corrected chi connectivity index (χ2v) is 0.888. The van der Waals surface area contributed by atoms with E-state index in [4.69, 9.17) is 12.2 Å². The zero-order valence-electron chi connectivity index (χ0n) is 3.15. The third-order valence-electron chi connectivity index (χ3n) is 0.250. The summed E-state index contributed by atoms with van der Waals surface area (Å²) in [5.74, 6) is 2.19. The largest absolute Gasteiger partial charge is 0.242 e. The van der Waals surface area contributed by atoms with Crippen LogP contribution in [-0.2, 0) is 0 Å². The normalized spacial score (nSPS) is 13.0. The molecule has 0 spiro atoms. The van der Waals surface area contributed by atoms with Gasteiger partial charge in [0.15, 0.2) is 0 Å². The first kappa shape index (κ1) is 4.52. The van der Waals surface area contributed by atoms with Crippen LogP contribution >= 0.6 is 0 Å². The molecule has 0 amide bonds. The first-order valence-electron chi connectivity index (χ1n) is 1.44. The minimum Gasteiger partial charge on any atom is -0.242 e. The van der Waals surface area contributed by atoms with Gasteiger partial charge in [0.1, 0.15) is 0 Å². The van der Waals surface area contributed by atoms with E-state index < -0.39 is 0 Å². The van der Waals surface area contributed by atoms with Crippen LogP contribution in [0.1, 0.15) is 6.92 Å². The van der Waals surface area contributed by atoms with Crippen molar-refractivity contribution in [2.45, 2.75) is 13.0 Å². The maximum absolute atomic E-state index is 6.59. The van der Waals surface area contributed by atoms with E-state index in [2.05, 4.69) is 5.92 Å². The Hall–Kier alpha value is -0.480. The Kier molecular flexibility index (Phi) is 1.63. The molecule has 1 heteroatoms. The maximum Gasteiger partial charge on any atom is 0.0789 e. The van der Waals surface area contributed by atoms with E-state index in [1.54, 1.807) is 6.92 Å². The Morgan fingerprint density at radius 2 is 2.20 bits per heavy atom. The number of rotatable bonds is 0. The lowest BCUT2D eigenvalue weighted by Crippen LogP contribution is -1.94. The molecule has 0 aliphatic rings. The molecule has 0 bridgehead atoms. The fourth-order valence-corrected chi connectivity index (χ4v) is 0. The van der Waals surface area contributed by atoms with E-state index >= 15 is 0 Å². The van der Waals surface area contributed by atoms with Gasteiger partial charge in [-0.1, -0.05) is 5.92 Å². The van der Waals surface area contributed by atoms with Gasteiger partial charge in [-0.2, -0.15) is 0 Å². The van der Waals surface area contributed by atoms with Gasteiger partial charge in [-0.15, -0.1) is 6.42 Å². The fourth-order valence-electron chi connectivity index (χ4n) is 0. The first-order chi connectivity index (χ1) is 2.27. The molecule has 0 fully saturated rings. The van der Waals surface area contributed by atoms with E-state index in [0.717, 1.165) is 0 Å². The van der Waals surface area contributed by atoms with Crippen molar-refractivity contribution < 1.29 is 0 Å². The number of terminal acetylenes is 1. The van der Waals surface area contributed by atoms with Crippen LogP contribution in [0.15, 0.2) is 0 Å². The molecule has 0 aliphatic heterocycles. The summed E-state index contributed by atoms with van der Waals surface area (Å²) in [7, 11) is 0. The zero-order chi connectivity index (χ0) is 4.28. The van der Waals surface area contributed by atoms with Crippen LogP contribution in [0.5, 0.6) is 0 Å². The van der Waals surface area contributed by atoms with Gasteiger partial charge in [-0.05, 0) is 6.92 Å². The number of hydrogen-bond donors (Lipinski definition) is 0. The highest BCUT2D eigenvalue weighted by molar-refractivity contribution is 4.92. The van der Waals surface area contributed by atoms with Crippen LogP contribution in [0.4, 0.5) is 0 Å². The molecule has 27 valence electrons. The van der Waals surface area contributed by atoms with Gasteiger partial charge >= 0.3 is 0 Å². The second-order valence-electron chi connectivity index (χ2n) is 0.888. The van der Waals surface area contributed by atoms with Crippen LogP contribution in [0.2, 0.25) is 0 Å². The number of hydrogen-bond acceptors (Lipinski definition) is 0. The molecule has 0 aromatic heterocycles. The molecule has 1 nitrogen and oxygen atoms in total. The monoisotopic (exact) mass is 68.1 g/mol. The molecule has 1 radical (unpaired) electrons. The van der Waals surface area contributed by atoms with Gasteiger partial charge in [-0.3, -0.25) is 0 Å². The van der Waals surface area contributed by atoms with Gasteiger partial charge < -0.3 is 0 Å². The molecular weight excluding hydrogens is 62.1 g/mol. The van der Waals surface area contributed by atoms with Crippen LogP contribution in [0.3, 0.4) is 0 Å². The zero-order valence-corrected chi connectivity index (χ0v) is 3.15. The van der Waals surface area contributed by atoms with Crippen molar-refractivity contribution in [3.05, 3.63) is 0 Å². The third kappa shape index (κ3) is 3.52. The summed E-state index contributed by atoms with van der Waals surface area (Å²) < 4.78 is 0. The lowest BCUT2D eigenvalue weighted by Gasteiger charge is -1.79. The average Bonchev–Trinajstić information content (AvgIpc) is 1.38. The Labute approximate surface area is 32.2 Å². The van der Waals surface area contributed by atoms with E-state index in [-0.39, 0.29) is 6.04 Å². The lowest BCUT2D eigenvalue weighted by atomic mass is 10.4. The summed E-state index contributed by atoms with van der Waals surface area (Å²) in [5.41, 5.74) is 6.59. The molecule has 0 aromatic carbocycles. The summed E-state index contributed by atoms with van der Waals surface area (Å²) in [6.45, 7) is 1.65. The summed E-state index contributed by atoms with van der Waals surface area (Å²) in [6, 6.07) is -0.338. The fraction of sp³-hybridized carbons (Fsp3) is 0.500. The number of nitrogens with one attached hydrogen (secondary N) is 1. The summed E-state index contributed by atoms with van der Waals surface area (Å²) in [6.07, 6.45) is 4.73. The van der Waals surface area contributed by atoms with E-state index in [1.807, 2.05) is 0 Å². The Bertz CT molecular complexity index is 49.2. The molecule has 1 unspecified atom stereocenters. The van der Waals surface area contributed by atoms with Crippen molar-refractivity contribution in [3.8, 4) is 12.3 Å². The molecule has 0 heterocycles. The molecule has 5 heavy (non-hydrogen) atoms. The van der Waals surface area contributed by atoms with Crippen LogP contribution in [-0.4, -0.2) is 6.04 Å². The molecule has 0 rings (SSSR count). The molecule has 0 saturated heterocycles. The van der Waals surface area contributed by atoms with Gasteiger partial charge in [0.2, 0.25) is 0 Å². The molecule has 0 saturated carbocycles.